The van der Waals surface area contributed by atoms with E-state index in [1.165, 1.54) is 0 Å². The third-order valence-corrected chi connectivity index (χ3v) is 4.44. The Morgan fingerprint density at radius 2 is 1.88 bits per heavy atom. The Morgan fingerprint density at radius 3 is 2.59 bits per heavy atom. The van der Waals surface area contributed by atoms with Crippen molar-refractivity contribution in [2.45, 2.75) is 24.7 Å². The van der Waals surface area contributed by atoms with Crippen LogP contribution in [0.25, 0.3) is 0 Å². The maximum absolute atomic E-state index is 12.0. The van der Waals surface area contributed by atoms with Crippen molar-refractivity contribution in [3.05, 3.63) is 18.2 Å². The SMILES string of the molecule is CCCCS(=O)(=O)c1ccc2c(c1)OCCO2. The predicted molar refractivity (Wildman–Crippen MR) is 64.4 cm³/mol. The van der Waals surface area contributed by atoms with E-state index >= 15 is 0 Å². The minimum atomic E-state index is -3.19. The van der Waals surface area contributed by atoms with Gasteiger partial charge >= 0.3 is 0 Å². The molecular formula is C12H16O4S. The average molecular weight is 256 g/mol. The van der Waals surface area contributed by atoms with E-state index in [0.29, 0.717) is 36.0 Å². The summed E-state index contributed by atoms with van der Waals surface area (Å²) in [5.41, 5.74) is 0. The number of hydrogen-bond acceptors (Lipinski definition) is 4. The van der Waals surface area contributed by atoms with Gasteiger partial charge in [0.05, 0.1) is 10.6 Å². The summed E-state index contributed by atoms with van der Waals surface area (Å²) in [6, 6.07) is 4.80. The molecule has 1 aromatic carbocycles. The van der Waals surface area contributed by atoms with Crippen molar-refractivity contribution in [2.75, 3.05) is 19.0 Å². The van der Waals surface area contributed by atoms with E-state index in [-0.39, 0.29) is 5.75 Å². The van der Waals surface area contributed by atoms with Gasteiger partial charge in [0.2, 0.25) is 0 Å². The summed E-state index contributed by atoms with van der Waals surface area (Å²) >= 11 is 0. The fraction of sp³-hybridized carbons (Fsp3) is 0.500. The van der Waals surface area contributed by atoms with Gasteiger partial charge < -0.3 is 9.47 Å². The molecule has 0 radical (unpaired) electrons. The summed E-state index contributed by atoms with van der Waals surface area (Å²) < 4.78 is 34.7. The Morgan fingerprint density at radius 1 is 1.18 bits per heavy atom. The van der Waals surface area contributed by atoms with Gasteiger partial charge in [0.1, 0.15) is 13.2 Å². The quantitative estimate of drug-likeness (QED) is 0.827. The van der Waals surface area contributed by atoms with Gasteiger partial charge in [-0.05, 0) is 18.6 Å². The summed E-state index contributed by atoms with van der Waals surface area (Å²) in [6.45, 7) is 2.94. The highest BCUT2D eigenvalue weighted by molar-refractivity contribution is 7.91. The van der Waals surface area contributed by atoms with Crippen LogP contribution in [-0.2, 0) is 9.84 Å². The van der Waals surface area contributed by atoms with Crippen molar-refractivity contribution in [1.29, 1.82) is 0 Å². The van der Waals surface area contributed by atoms with Gasteiger partial charge in [0.25, 0.3) is 0 Å². The van der Waals surface area contributed by atoms with E-state index < -0.39 is 9.84 Å². The third kappa shape index (κ3) is 2.72. The zero-order chi connectivity index (χ0) is 12.3. The van der Waals surface area contributed by atoms with E-state index in [9.17, 15) is 8.42 Å². The van der Waals surface area contributed by atoms with Crippen LogP contribution >= 0.6 is 0 Å². The molecule has 1 aliphatic rings. The van der Waals surface area contributed by atoms with Crippen LogP contribution in [0.2, 0.25) is 0 Å². The highest BCUT2D eigenvalue weighted by atomic mass is 32.2. The number of unbranched alkanes of at least 4 members (excludes halogenated alkanes) is 1. The Hall–Kier alpha value is -1.23. The standard InChI is InChI=1S/C12H16O4S/c1-2-3-8-17(13,14)10-4-5-11-12(9-10)16-7-6-15-11/h4-5,9H,2-3,6-8H2,1H3. The molecule has 4 nitrogen and oxygen atoms in total. The highest BCUT2D eigenvalue weighted by Crippen LogP contribution is 2.32. The van der Waals surface area contributed by atoms with E-state index in [2.05, 4.69) is 0 Å². The molecule has 0 aliphatic carbocycles. The molecule has 1 aromatic rings. The first-order valence-electron chi connectivity index (χ1n) is 5.76. The maximum Gasteiger partial charge on any atom is 0.178 e. The summed E-state index contributed by atoms with van der Waals surface area (Å²) in [7, 11) is -3.19. The van der Waals surface area contributed by atoms with Crippen LogP contribution in [0.15, 0.2) is 23.1 Å². The van der Waals surface area contributed by atoms with Crippen molar-refractivity contribution in [2.24, 2.45) is 0 Å². The second-order valence-corrected chi connectivity index (χ2v) is 6.09. The average Bonchev–Trinajstić information content (AvgIpc) is 2.36. The molecule has 17 heavy (non-hydrogen) atoms. The van der Waals surface area contributed by atoms with Crippen molar-refractivity contribution in [1.82, 2.24) is 0 Å². The lowest BCUT2D eigenvalue weighted by atomic mass is 10.3. The van der Waals surface area contributed by atoms with Crippen LogP contribution in [0.5, 0.6) is 11.5 Å². The van der Waals surface area contributed by atoms with Crippen LogP contribution < -0.4 is 9.47 Å². The first-order chi connectivity index (χ1) is 8.13. The van der Waals surface area contributed by atoms with Gasteiger partial charge in [-0.1, -0.05) is 13.3 Å². The lowest BCUT2D eigenvalue weighted by molar-refractivity contribution is 0.171. The second kappa shape index (κ2) is 4.96. The molecule has 5 heteroatoms. The van der Waals surface area contributed by atoms with Gasteiger partial charge in [-0.25, -0.2) is 8.42 Å². The van der Waals surface area contributed by atoms with E-state index in [4.69, 9.17) is 9.47 Å². The van der Waals surface area contributed by atoms with Crippen molar-refractivity contribution in [3.8, 4) is 11.5 Å². The molecule has 0 N–H and O–H groups in total. The van der Waals surface area contributed by atoms with Crippen LogP contribution in [-0.4, -0.2) is 27.4 Å². The van der Waals surface area contributed by atoms with Gasteiger partial charge in [-0.2, -0.15) is 0 Å². The van der Waals surface area contributed by atoms with Gasteiger partial charge in [0.15, 0.2) is 21.3 Å². The molecule has 1 heterocycles. The number of fused-ring (bicyclic) bond motifs is 1. The minimum Gasteiger partial charge on any atom is -0.486 e. The molecule has 0 saturated carbocycles. The van der Waals surface area contributed by atoms with Crippen LogP contribution in [0, 0.1) is 0 Å². The number of ether oxygens (including phenoxy) is 2. The lowest BCUT2D eigenvalue weighted by Gasteiger charge is -2.18. The molecular weight excluding hydrogens is 240 g/mol. The second-order valence-electron chi connectivity index (χ2n) is 3.98. The highest BCUT2D eigenvalue weighted by Gasteiger charge is 2.18. The first kappa shape index (κ1) is 12.2. The topological polar surface area (TPSA) is 52.6 Å². The van der Waals surface area contributed by atoms with Crippen molar-refractivity contribution in [3.63, 3.8) is 0 Å². The molecule has 94 valence electrons. The Bertz CT molecular complexity index is 493. The number of hydrogen-bond donors (Lipinski definition) is 0. The Labute approximate surface area is 101 Å². The monoisotopic (exact) mass is 256 g/mol. The smallest absolute Gasteiger partial charge is 0.178 e. The molecule has 0 spiro atoms. The molecule has 0 saturated heterocycles. The molecule has 0 atom stereocenters. The molecule has 0 aromatic heterocycles. The molecule has 2 rings (SSSR count). The zero-order valence-electron chi connectivity index (χ0n) is 9.81. The zero-order valence-corrected chi connectivity index (χ0v) is 10.6. The maximum atomic E-state index is 12.0. The van der Waals surface area contributed by atoms with Crippen LogP contribution in [0.4, 0.5) is 0 Å². The summed E-state index contributed by atoms with van der Waals surface area (Å²) in [4.78, 5) is 0.315. The number of rotatable bonds is 4. The fourth-order valence-electron chi connectivity index (χ4n) is 1.67. The Kier molecular flexibility index (Phi) is 3.57. The summed E-state index contributed by atoms with van der Waals surface area (Å²) in [5.74, 6) is 1.32. The molecule has 0 fully saturated rings. The molecule has 0 unspecified atom stereocenters. The minimum absolute atomic E-state index is 0.184. The van der Waals surface area contributed by atoms with Crippen molar-refractivity contribution < 1.29 is 17.9 Å². The summed E-state index contributed by atoms with van der Waals surface area (Å²) in [6.07, 6.45) is 1.54. The van der Waals surface area contributed by atoms with Gasteiger partial charge in [0, 0.05) is 6.07 Å². The summed E-state index contributed by atoms with van der Waals surface area (Å²) in [5, 5.41) is 0. The third-order valence-electron chi connectivity index (χ3n) is 2.64. The fourth-order valence-corrected chi connectivity index (χ4v) is 3.14. The van der Waals surface area contributed by atoms with Crippen LogP contribution in [0.1, 0.15) is 19.8 Å². The van der Waals surface area contributed by atoms with Gasteiger partial charge in [-0.3, -0.25) is 0 Å². The van der Waals surface area contributed by atoms with Gasteiger partial charge in [-0.15, -0.1) is 0 Å². The number of benzene rings is 1. The molecule has 1 aliphatic heterocycles. The van der Waals surface area contributed by atoms with Crippen LogP contribution in [0.3, 0.4) is 0 Å². The lowest BCUT2D eigenvalue weighted by Crippen LogP contribution is -2.16. The normalized spacial score (nSPS) is 14.6. The number of sulfone groups is 1. The van der Waals surface area contributed by atoms with Crippen molar-refractivity contribution >= 4 is 9.84 Å². The van der Waals surface area contributed by atoms with E-state index in [1.54, 1.807) is 18.2 Å². The van der Waals surface area contributed by atoms with E-state index in [0.717, 1.165) is 6.42 Å². The largest absolute Gasteiger partial charge is 0.486 e. The molecule has 0 amide bonds. The predicted octanol–water partition coefficient (Wildman–Crippen LogP) is 2.03. The Balaban J connectivity index is 2.27. The first-order valence-corrected chi connectivity index (χ1v) is 7.41. The molecule has 0 bridgehead atoms. The van der Waals surface area contributed by atoms with E-state index in [1.807, 2.05) is 6.92 Å².